The highest BCUT2D eigenvalue weighted by atomic mass is 32.1. The Bertz CT molecular complexity index is 524. The van der Waals surface area contributed by atoms with Crippen molar-refractivity contribution in [2.75, 3.05) is 20.1 Å². The van der Waals surface area contributed by atoms with Crippen molar-refractivity contribution >= 4 is 23.1 Å². The predicted molar refractivity (Wildman–Crippen MR) is 82.7 cm³/mol. The number of thiocarbonyl (C=S) groups is 1. The molecule has 0 bridgehead atoms. The van der Waals surface area contributed by atoms with Gasteiger partial charge in [-0.25, -0.2) is 0 Å². The molecule has 0 aliphatic carbocycles. The number of nitrogens with one attached hydrogen (secondary N) is 1. The quantitative estimate of drug-likeness (QED) is 0.809. The molecular weight excluding hydrogens is 272 g/mol. The molecule has 1 aliphatic heterocycles. The molecule has 2 heterocycles. The van der Waals surface area contributed by atoms with E-state index < -0.39 is 5.54 Å². The van der Waals surface area contributed by atoms with Crippen LogP contribution in [-0.2, 0) is 0 Å². The summed E-state index contributed by atoms with van der Waals surface area (Å²) in [5.74, 6) is -0.208. The Labute approximate surface area is 124 Å². The Morgan fingerprint density at radius 2 is 2.15 bits per heavy atom. The lowest BCUT2D eigenvalue weighted by Crippen LogP contribution is -2.61. The molecule has 1 aliphatic rings. The van der Waals surface area contributed by atoms with Crippen LogP contribution < -0.4 is 11.1 Å². The maximum atomic E-state index is 12.4. The number of hydrogen-bond acceptors (Lipinski definition) is 4. The van der Waals surface area contributed by atoms with Crippen LogP contribution in [0.4, 0.5) is 0 Å². The lowest BCUT2D eigenvalue weighted by atomic mass is 9.87. The molecule has 5 nitrogen and oxygen atoms in total. The van der Waals surface area contributed by atoms with Gasteiger partial charge in [-0.2, -0.15) is 0 Å². The van der Waals surface area contributed by atoms with Gasteiger partial charge in [0.05, 0.1) is 10.5 Å². The first-order chi connectivity index (χ1) is 9.44. The summed E-state index contributed by atoms with van der Waals surface area (Å²) < 4.78 is 0. The maximum Gasteiger partial charge on any atom is 0.270 e. The molecule has 0 spiro atoms. The van der Waals surface area contributed by atoms with Crippen molar-refractivity contribution < 1.29 is 4.79 Å². The molecule has 0 radical (unpaired) electrons. The van der Waals surface area contributed by atoms with Gasteiger partial charge in [0.1, 0.15) is 5.69 Å². The number of carbonyl (C=O) groups is 1. The van der Waals surface area contributed by atoms with E-state index in [1.54, 1.807) is 6.20 Å². The molecule has 0 unspecified atom stereocenters. The zero-order valence-corrected chi connectivity index (χ0v) is 12.7. The molecule has 0 atom stereocenters. The summed E-state index contributed by atoms with van der Waals surface area (Å²) in [7, 11) is 2.05. The molecule has 2 rings (SSSR count). The van der Waals surface area contributed by atoms with E-state index in [1.807, 2.05) is 26.1 Å². The third-order valence-electron chi connectivity index (χ3n) is 3.89. The fraction of sp³-hybridized carbons (Fsp3) is 0.500. The van der Waals surface area contributed by atoms with Crippen LogP contribution in [0.3, 0.4) is 0 Å². The molecular formula is C14H20N4OS. The molecule has 1 fully saturated rings. The van der Waals surface area contributed by atoms with Crippen molar-refractivity contribution in [3.8, 4) is 0 Å². The van der Waals surface area contributed by atoms with Crippen LogP contribution in [0.1, 0.15) is 28.9 Å². The number of rotatable bonds is 3. The van der Waals surface area contributed by atoms with Crippen LogP contribution in [0, 0.1) is 6.92 Å². The number of likely N-dealkylation sites (tertiary alicyclic amines) is 1. The molecule has 1 aromatic heterocycles. The van der Waals surface area contributed by atoms with Gasteiger partial charge in [0, 0.05) is 19.3 Å². The topological polar surface area (TPSA) is 71.2 Å². The fourth-order valence-electron chi connectivity index (χ4n) is 2.43. The van der Waals surface area contributed by atoms with Crippen LogP contribution in [0.25, 0.3) is 0 Å². The fourth-order valence-corrected chi connectivity index (χ4v) is 2.69. The normalized spacial score (nSPS) is 18.5. The minimum absolute atomic E-state index is 0.208. The van der Waals surface area contributed by atoms with Gasteiger partial charge in [-0.05, 0) is 38.4 Å². The number of aromatic nitrogens is 1. The first kappa shape index (κ1) is 14.9. The second kappa shape index (κ2) is 5.85. The smallest absolute Gasteiger partial charge is 0.270 e. The Hall–Kier alpha value is -1.53. The highest BCUT2D eigenvalue weighted by molar-refractivity contribution is 7.80. The average Bonchev–Trinajstić information content (AvgIpc) is 2.41. The Morgan fingerprint density at radius 3 is 2.70 bits per heavy atom. The lowest BCUT2D eigenvalue weighted by molar-refractivity contribution is 0.0884. The molecule has 1 amide bonds. The van der Waals surface area contributed by atoms with E-state index in [2.05, 4.69) is 15.2 Å². The molecule has 1 saturated heterocycles. The summed E-state index contributed by atoms with van der Waals surface area (Å²) in [6.07, 6.45) is 3.08. The van der Waals surface area contributed by atoms with Crippen molar-refractivity contribution in [3.63, 3.8) is 0 Å². The Balaban J connectivity index is 2.19. The zero-order valence-electron chi connectivity index (χ0n) is 11.8. The van der Waals surface area contributed by atoms with E-state index in [1.165, 1.54) is 0 Å². The van der Waals surface area contributed by atoms with Crippen molar-refractivity contribution in [1.29, 1.82) is 0 Å². The minimum atomic E-state index is -0.594. The number of nitrogens with two attached hydrogens (primary N) is 1. The van der Waals surface area contributed by atoms with Gasteiger partial charge in [0.2, 0.25) is 0 Å². The second-order valence-corrected chi connectivity index (χ2v) is 5.81. The van der Waals surface area contributed by atoms with Gasteiger partial charge >= 0.3 is 0 Å². The number of aryl methyl sites for hydroxylation is 1. The monoisotopic (exact) mass is 292 g/mol. The van der Waals surface area contributed by atoms with E-state index in [0.29, 0.717) is 10.7 Å². The van der Waals surface area contributed by atoms with E-state index in [4.69, 9.17) is 18.0 Å². The van der Waals surface area contributed by atoms with Gasteiger partial charge in [0.15, 0.2) is 0 Å². The third kappa shape index (κ3) is 2.96. The van der Waals surface area contributed by atoms with Gasteiger partial charge in [0.25, 0.3) is 5.91 Å². The lowest BCUT2D eigenvalue weighted by Gasteiger charge is -2.40. The number of hydrogen-bond donors (Lipinski definition) is 2. The summed E-state index contributed by atoms with van der Waals surface area (Å²) >= 11 is 5.19. The van der Waals surface area contributed by atoms with E-state index >= 15 is 0 Å². The first-order valence-electron chi connectivity index (χ1n) is 6.67. The van der Waals surface area contributed by atoms with Crippen molar-refractivity contribution in [3.05, 3.63) is 29.6 Å². The van der Waals surface area contributed by atoms with Crippen molar-refractivity contribution in [2.45, 2.75) is 25.3 Å². The molecule has 6 heteroatoms. The highest BCUT2D eigenvalue weighted by Crippen LogP contribution is 2.23. The molecule has 20 heavy (non-hydrogen) atoms. The van der Waals surface area contributed by atoms with Crippen LogP contribution in [0.15, 0.2) is 18.3 Å². The van der Waals surface area contributed by atoms with Gasteiger partial charge in [-0.1, -0.05) is 18.3 Å². The van der Waals surface area contributed by atoms with E-state index in [0.717, 1.165) is 31.5 Å². The molecule has 108 valence electrons. The SMILES string of the molecule is Cc1cccnc1C(=O)NC1(C(N)=S)CCN(C)CC1. The number of piperidine rings is 1. The molecule has 1 aromatic rings. The largest absolute Gasteiger partial charge is 0.391 e. The van der Waals surface area contributed by atoms with Crippen LogP contribution in [-0.4, -0.2) is 46.5 Å². The molecule has 0 aromatic carbocycles. The number of nitrogens with zero attached hydrogens (tertiary/aromatic N) is 2. The second-order valence-electron chi connectivity index (χ2n) is 5.37. The summed E-state index contributed by atoms with van der Waals surface area (Å²) in [6.45, 7) is 3.58. The number of carbonyl (C=O) groups excluding carboxylic acids is 1. The van der Waals surface area contributed by atoms with Crippen LogP contribution in [0.5, 0.6) is 0 Å². The maximum absolute atomic E-state index is 12.4. The highest BCUT2D eigenvalue weighted by Gasteiger charge is 2.38. The van der Waals surface area contributed by atoms with Gasteiger partial charge in [-0.15, -0.1) is 0 Å². The summed E-state index contributed by atoms with van der Waals surface area (Å²) in [5, 5.41) is 3.02. The predicted octanol–water partition coefficient (Wildman–Crippen LogP) is 0.870. The van der Waals surface area contributed by atoms with Gasteiger partial charge in [-0.3, -0.25) is 9.78 Å². The van der Waals surface area contributed by atoms with Crippen molar-refractivity contribution in [1.82, 2.24) is 15.2 Å². The minimum Gasteiger partial charge on any atom is -0.391 e. The number of pyridine rings is 1. The molecule has 0 saturated carbocycles. The molecule has 3 N–H and O–H groups in total. The zero-order chi connectivity index (χ0) is 14.8. The standard InChI is InChI=1S/C14H20N4OS/c1-10-4-3-7-16-11(10)12(19)17-14(13(15)20)5-8-18(2)9-6-14/h3-4,7H,5-6,8-9H2,1-2H3,(H2,15,20)(H,17,19). The van der Waals surface area contributed by atoms with E-state index in [9.17, 15) is 4.79 Å². The number of amides is 1. The van der Waals surface area contributed by atoms with Gasteiger partial charge < -0.3 is 16.0 Å². The summed E-state index contributed by atoms with van der Waals surface area (Å²) in [6, 6.07) is 3.68. The average molecular weight is 292 g/mol. The van der Waals surface area contributed by atoms with E-state index in [-0.39, 0.29) is 5.91 Å². The Morgan fingerprint density at radius 1 is 1.50 bits per heavy atom. The van der Waals surface area contributed by atoms with Crippen molar-refractivity contribution in [2.24, 2.45) is 5.73 Å². The Kier molecular flexibility index (Phi) is 4.35. The third-order valence-corrected chi connectivity index (χ3v) is 4.28. The summed E-state index contributed by atoms with van der Waals surface area (Å²) in [4.78, 5) is 19.1. The summed E-state index contributed by atoms with van der Waals surface area (Å²) in [5.41, 5.74) is 6.57. The van der Waals surface area contributed by atoms with Crippen LogP contribution >= 0.6 is 12.2 Å². The first-order valence-corrected chi connectivity index (χ1v) is 7.08. The van der Waals surface area contributed by atoms with Crippen LogP contribution in [0.2, 0.25) is 0 Å².